The molecule has 4 aromatic rings. The predicted molar refractivity (Wildman–Crippen MR) is 138 cm³/mol. The van der Waals surface area contributed by atoms with Crippen LogP contribution in [0.3, 0.4) is 0 Å². The number of benzene rings is 3. The first kappa shape index (κ1) is 25.8. The Morgan fingerprint density at radius 1 is 1.03 bits per heavy atom. The molecule has 190 valence electrons. The van der Waals surface area contributed by atoms with E-state index in [4.69, 9.17) is 10.8 Å². The standard InChI is InChI=1S/C28H23N5O5/c1-16-24(33(38)26(31-16)21-8-4-2-7-20(21)15-29)27(35)32-23-9-5-3-6-19(23)14-22(30)25(34)17-10-12-18(13-11-17)28(36)37/h2-13,22,38H,14,30H2,1H3,(H,32,35)(H,36,37)/t22-/m0/s1. The Bertz CT molecular complexity index is 1580. The molecule has 0 aliphatic rings. The van der Waals surface area contributed by atoms with Crippen LogP contribution in [-0.2, 0) is 6.42 Å². The molecule has 0 unspecified atom stereocenters. The first-order valence-electron chi connectivity index (χ1n) is 11.5. The van der Waals surface area contributed by atoms with Crippen molar-refractivity contribution in [3.63, 3.8) is 0 Å². The molecule has 0 radical (unpaired) electrons. The number of ketones is 1. The lowest BCUT2D eigenvalue weighted by Gasteiger charge is -2.15. The lowest BCUT2D eigenvalue weighted by molar-refractivity contribution is 0.0696. The Morgan fingerprint density at radius 2 is 1.66 bits per heavy atom. The summed E-state index contributed by atoms with van der Waals surface area (Å²) in [6, 6.07) is 20.0. The van der Waals surface area contributed by atoms with Gasteiger partial charge in [0.2, 0.25) is 0 Å². The second-order valence-electron chi connectivity index (χ2n) is 8.51. The summed E-state index contributed by atoms with van der Waals surface area (Å²) in [5, 5.41) is 32.0. The zero-order chi connectivity index (χ0) is 27.4. The average molecular weight is 510 g/mol. The maximum absolute atomic E-state index is 13.2. The largest absolute Gasteiger partial charge is 0.478 e. The summed E-state index contributed by atoms with van der Waals surface area (Å²) >= 11 is 0. The molecule has 3 aromatic carbocycles. The van der Waals surface area contributed by atoms with Crippen LogP contribution in [0, 0.1) is 18.3 Å². The van der Waals surface area contributed by atoms with E-state index < -0.39 is 17.9 Å². The highest BCUT2D eigenvalue weighted by atomic mass is 16.5. The molecule has 0 spiro atoms. The van der Waals surface area contributed by atoms with Crippen molar-refractivity contribution in [3.05, 3.63) is 106 Å². The van der Waals surface area contributed by atoms with Crippen molar-refractivity contribution < 1.29 is 24.7 Å². The van der Waals surface area contributed by atoms with Gasteiger partial charge < -0.3 is 21.4 Å². The second kappa shape index (κ2) is 10.8. The number of amides is 1. The second-order valence-corrected chi connectivity index (χ2v) is 8.51. The van der Waals surface area contributed by atoms with Crippen molar-refractivity contribution in [2.45, 2.75) is 19.4 Å². The van der Waals surface area contributed by atoms with E-state index in [0.29, 0.717) is 27.1 Å². The number of nitriles is 1. The van der Waals surface area contributed by atoms with Gasteiger partial charge >= 0.3 is 5.97 Å². The minimum Gasteiger partial charge on any atom is -0.478 e. The smallest absolute Gasteiger partial charge is 0.335 e. The Labute approximate surface area is 217 Å². The fraction of sp³-hybridized carbons (Fsp3) is 0.107. The van der Waals surface area contributed by atoms with Crippen molar-refractivity contribution >= 4 is 23.3 Å². The number of anilines is 1. The number of imidazole rings is 1. The lowest BCUT2D eigenvalue weighted by atomic mass is 9.96. The van der Waals surface area contributed by atoms with Crippen molar-refractivity contribution in [1.82, 2.24) is 9.71 Å². The number of rotatable bonds is 8. The molecule has 0 bridgehead atoms. The van der Waals surface area contributed by atoms with Crippen LogP contribution >= 0.6 is 0 Å². The number of hydrogen-bond acceptors (Lipinski definition) is 7. The summed E-state index contributed by atoms with van der Waals surface area (Å²) in [6.45, 7) is 1.57. The van der Waals surface area contributed by atoms with Crippen molar-refractivity contribution in [2.24, 2.45) is 5.73 Å². The van der Waals surface area contributed by atoms with Gasteiger partial charge in [-0.2, -0.15) is 9.99 Å². The molecule has 1 heterocycles. The minimum absolute atomic E-state index is 0.0552. The number of carbonyl (C=O) groups is 3. The number of carboxylic acid groups (broad SMARTS) is 1. The molecule has 0 aliphatic carbocycles. The fourth-order valence-electron chi connectivity index (χ4n) is 4.05. The van der Waals surface area contributed by atoms with Crippen LogP contribution in [0.15, 0.2) is 72.8 Å². The molecule has 10 heteroatoms. The van der Waals surface area contributed by atoms with E-state index in [-0.39, 0.29) is 40.5 Å². The van der Waals surface area contributed by atoms with Gasteiger partial charge in [0, 0.05) is 16.8 Å². The van der Waals surface area contributed by atoms with Gasteiger partial charge in [-0.05, 0) is 49.2 Å². The maximum Gasteiger partial charge on any atom is 0.335 e. The molecule has 4 rings (SSSR count). The SMILES string of the molecule is Cc1nc(-c2ccccc2C#N)n(O)c1C(=O)Nc1ccccc1C[C@H](N)C(=O)c1ccc(C(=O)O)cc1. The van der Waals surface area contributed by atoms with Crippen LogP contribution in [0.2, 0.25) is 0 Å². The molecule has 5 N–H and O–H groups in total. The fourth-order valence-corrected chi connectivity index (χ4v) is 4.05. The molecule has 0 fully saturated rings. The van der Waals surface area contributed by atoms with Gasteiger partial charge in [0.25, 0.3) is 5.91 Å². The van der Waals surface area contributed by atoms with E-state index in [0.717, 1.165) is 0 Å². The molecule has 1 aromatic heterocycles. The predicted octanol–water partition coefficient (Wildman–Crippen LogP) is 3.67. The van der Waals surface area contributed by atoms with Crippen LogP contribution in [0.5, 0.6) is 0 Å². The number of aryl methyl sites for hydroxylation is 1. The van der Waals surface area contributed by atoms with Crippen LogP contribution in [0.4, 0.5) is 5.69 Å². The molecule has 10 nitrogen and oxygen atoms in total. The van der Waals surface area contributed by atoms with Crippen molar-refractivity contribution in [2.75, 3.05) is 5.32 Å². The summed E-state index contributed by atoms with van der Waals surface area (Å²) < 4.78 is 0.652. The first-order valence-corrected chi connectivity index (χ1v) is 11.5. The monoisotopic (exact) mass is 509 g/mol. The molecule has 0 aliphatic heterocycles. The van der Waals surface area contributed by atoms with Crippen molar-refractivity contribution in [3.8, 4) is 17.5 Å². The van der Waals surface area contributed by atoms with E-state index in [1.165, 1.54) is 24.3 Å². The maximum atomic E-state index is 13.2. The summed E-state index contributed by atoms with van der Waals surface area (Å²) in [5.74, 6) is -2.07. The summed E-state index contributed by atoms with van der Waals surface area (Å²) in [4.78, 5) is 41.4. The van der Waals surface area contributed by atoms with Gasteiger partial charge in [0.1, 0.15) is 0 Å². The quantitative estimate of drug-likeness (QED) is 0.206. The highest BCUT2D eigenvalue weighted by Crippen LogP contribution is 2.26. The summed E-state index contributed by atoms with van der Waals surface area (Å²) in [7, 11) is 0. The third-order valence-corrected chi connectivity index (χ3v) is 5.99. The van der Waals surface area contributed by atoms with Crippen LogP contribution in [-0.4, -0.2) is 43.7 Å². The number of nitrogens with two attached hydrogens (primary N) is 1. The number of aromatic carboxylic acids is 1. The highest BCUT2D eigenvalue weighted by Gasteiger charge is 2.24. The molecule has 0 saturated heterocycles. The number of carboxylic acids is 1. The zero-order valence-electron chi connectivity index (χ0n) is 20.3. The number of aromatic nitrogens is 2. The Kier molecular flexibility index (Phi) is 7.32. The normalized spacial score (nSPS) is 11.4. The molecule has 1 amide bonds. The Hall–Kier alpha value is -5.27. The van der Waals surface area contributed by atoms with Gasteiger partial charge in [-0.25, -0.2) is 9.78 Å². The number of nitrogens with zero attached hydrogens (tertiary/aromatic N) is 3. The third kappa shape index (κ3) is 5.13. The summed E-state index contributed by atoms with van der Waals surface area (Å²) in [5.41, 5.74) is 8.29. The van der Waals surface area contributed by atoms with Crippen LogP contribution in [0.1, 0.15) is 48.0 Å². The van der Waals surface area contributed by atoms with E-state index in [9.17, 15) is 24.9 Å². The molecule has 0 saturated carbocycles. The van der Waals surface area contributed by atoms with Gasteiger partial charge in [-0.15, -0.1) is 0 Å². The third-order valence-electron chi connectivity index (χ3n) is 5.99. The zero-order valence-corrected chi connectivity index (χ0v) is 20.3. The molecular weight excluding hydrogens is 486 g/mol. The van der Waals surface area contributed by atoms with Gasteiger partial charge in [0.05, 0.1) is 28.9 Å². The Balaban J connectivity index is 1.56. The first-order chi connectivity index (χ1) is 18.2. The molecule has 38 heavy (non-hydrogen) atoms. The van der Waals surface area contributed by atoms with Gasteiger partial charge in [-0.1, -0.05) is 42.5 Å². The Morgan fingerprint density at radius 3 is 2.34 bits per heavy atom. The van der Waals surface area contributed by atoms with Crippen molar-refractivity contribution in [1.29, 1.82) is 5.26 Å². The van der Waals surface area contributed by atoms with Gasteiger partial charge in [0.15, 0.2) is 17.3 Å². The number of Topliss-reactive ketones (excluding diaryl/α,β-unsaturated/α-hetero) is 1. The van der Waals surface area contributed by atoms with E-state index in [1.54, 1.807) is 55.5 Å². The average Bonchev–Trinajstić information content (AvgIpc) is 3.22. The van der Waals surface area contributed by atoms with E-state index >= 15 is 0 Å². The van der Waals surface area contributed by atoms with E-state index in [1.807, 2.05) is 6.07 Å². The highest BCUT2D eigenvalue weighted by molar-refractivity contribution is 6.05. The number of carbonyl (C=O) groups excluding carboxylic acids is 2. The number of hydrogen-bond donors (Lipinski definition) is 4. The van der Waals surface area contributed by atoms with Crippen LogP contribution < -0.4 is 11.1 Å². The van der Waals surface area contributed by atoms with E-state index in [2.05, 4.69) is 10.3 Å². The molecular formula is C28H23N5O5. The number of nitrogens with one attached hydrogen (secondary N) is 1. The van der Waals surface area contributed by atoms with Gasteiger partial charge in [-0.3, -0.25) is 9.59 Å². The molecule has 1 atom stereocenters. The minimum atomic E-state index is -1.10. The lowest BCUT2D eigenvalue weighted by Crippen LogP contribution is -2.33. The summed E-state index contributed by atoms with van der Waals surface area (Å²) in [6.07, 6.45) is 0.0914. The number of para-hydroxylation sites is 1. The topological polar surface area (TPSA) is 171 Å². The van der Waals surface area contributed by atoms with Crippen LogP contribution in [0.25, 0.3) is 11.4 Å².